The van der Waals surface area contributed by atoms with E-state index in [1.165, 1.54) is 0 Å². The van der Waals surface area contributed by atoms with Crippen molar-refractivity contribution in [2.24, 2.45) is 0 Å². The van der Waals surface area contributed by atoms with Crippen LogP contribution in [0, 0.1) is 0 Å². The smallest absolute Gasteiger partial charge is 0.112 e. The average molecular weight is 158 g/mol. The fourth-order valence-corrected chi connectivity index (χ4v) is 1.10. The van der Waals surface area contributed by atoms with E-state index in [-0.39, 0.29) is 13.0 Å². The van der Waals surface area contributed by atoms with Crippen molar-refractivity contribution in [2.75, 3.05) is 6.61 Å². The van der Waals surface area contributed by atoms with E-state index in [1.54, 1.807) is 0 Å². The minimum atomic E-state index is -1.04. The number of hydrogen-bond donors (Lipinski definition) is 3. The van der Waals surface area contributed by atoms with Crippen molar-refractivity contribution in [1.29, 1.82) is 0 Å². The highest BCUT2D eigenvalue weighted by Gasteiger charge is 2.32. The lowest BCUT2D eigenvalue weighted by Gasteiger charge is -2.35. The van der Waals surface area contributed by atoms with Gasteiger partial charge in [0.05, 0.1) is 24.9 Å². The van der Waals surface area contributed by atoms with Gasteiger partial charge in [-0.25, -0.2) is 0 Å². The molecule has 62 valence electrons. The van der Waals surface area contributed by atoms with Gasteiger partial charge >= 0.3 is 0 Å². The Hall–Kier alpha value is -0.0951. The maximum Gasteiger partial charge on any atom is 0.112 e. The summed E-state index contributed by atoms with van der Waals surface area (Å²) in [5.74, 6) is 0. The van der Waals surface area contributed by atoms with Crippen LogP contribution in [0.2, 0.25) is 0 Å². The van der Waals surface area contributed by atoms with E-state index in [1.807, 2.05) is 0 Å². The van der Waals surface area contributed by atoms with Gasteiger partial charge in [-0.05, 0) is 0 Å². The third-order valence-electron chi connectivity index (χ3n) is 1.79. The van der Waals surface area contributed by atoms with E-state index in [0.29, 0.717) is 0 Å². The lowest BCUT2D eigenvalue weighted by atomic mass is 9.86. The molecule has 4 nitrogen and oxygen atoms in total. The summed E-state index contributed by atoms with van der Waals surface area (Å²) in [7, 11) is 5.29. The van der Waals surface area contributed by atoms with Crippen LogP contribution in [0.15, 0.2) is 0 Å². The Balaban J connectivity index is 2.47. The molecule has 0 aromatic rings. The minimum absolute atomic E-state index is 0.183. The summed E-state index contributed by atoms with van der Waals surface area (Å²) >= 11 is 0. The molecule has 5 heteroatoms. The van der Waals surface area contributed by atoms with Gasteiger partial charge in [-0.1, -0.05) is 0 Å². The molecular weight excluding hydrogens is 147 g/mol. The van der Waals surface area contributed by atoms with Crippen LogP contribution in [0.1, 0.15) is 6.42 Å². The second-order valence-corrected chi connectivity index (χ2v) is 2.70. The topological polar surface area (TPSA) is 69.9 Å². The van der Waals surface area contributed by atoms with Crippen LogP contribution in [0.25, 0.3) is 0 Å². The lowest BCUT2D eigenvalue weighted by Crippen LogP contribution is -2.49. The largest absolute Gasteiger partial charge is 0.394 e. The molecule has 1 heterocycles. The first-order chi connectivity index (χ1) is 5.15. The number of aliphatic hydroxyl groups is 3. The van der Waals surface area contributed by atoms with Gasteiger partial charge in [-0.3, -0.25) is 0 Å². The first-order valence-corrected chi connectivity index (χ1v) is 3.53. The fraction of sp³-hybridized carbons (Fsp3) is 1.00. The van der Waals surface area contributed by atoms with E-state index in [0.717, 1.165) is 0 Å². The quantitative estimate of drug-likeness (QED) is 0.385. The zero-order valence-electron chi connectivity index (χ0n) is 6.05. The molecule has 3 N–H and O–H groups in total. The molecule has 1 fully saturated rings. The number of ether oxygens (including phenoxy) is 1. The monoisotopic (exact) mass is 158 g/mol. The molecule has 0 amide bonds. The highest BCUT2D eigenvalue weighted by atomic mass is 16.5. The molecule has 0 unspecified atom stereocenters. The standard InChI is InChI=1S/C6H11BO4/c7-6-5(10)4(9)1-3(2-8)11-6/h3-6,8-10H,1-2H2/t3-,4-,5+,6+/m0/s1. The third kappa shape index (κ3) is 1.93. The molecule has 0 aromatic carbocycles. The zero-order valence-corrected chi connectivity index (χ0v) is 6.05. The Kier molecular flexibility index (Phi) is 2.89. The Bertz CT molecular complexity index is 120. The molecule has 1 aliphatic rings. The third-order valence-corrected chi connectivity index (χ3v) is 1.79. The molecule has 0 aliphatic carbocycles. The van der Waals surface area contributed by atoms with Crippen LogP contribution < -0.4 is 0 Å². The highest BCUT2D eigenvalue weighted by molar-refractivity contribution is 6.11. The van der Waals surface area contributed by atoms with Crippen molar-refractivity contribution < 1.29 is 20.1 Å². The summed E-state index contributed by atoms with van der Waals surface area (Å²) in [4.78, 5) is 0. The second-order valence-electron chi connectivity index (χ2n) is 2.70. The molecule has 2 radical (unpaired) electrons. The van der Waals surface area contributed by atoms with Crippen LogP contribution in [0.4, 0.5) is 0 Å². The Morgan fingerprint density at radius 3 is 2.55 bits per heavy atom. The Morgan fingerprint density at radius 1 is 1.45 bits per heavy atom. The predicted octanol–water partition coefficient (Wildman–Crippen LogP) is -2.02. The minimum Gasteiger partial charge on any atom is -0.394 e. The molecule has 0 bridgehead atoms. The maximum absolute atomic E-state index is 9.13. The maximum atomic E-state index is 9.13. The van der Waals surface area contributed by atoms with Gasteiger partial charge in [-0.15, -0.1) is 0 Å². The van der Waals surface area contributed by atoms with Gasteiger partial charge in [0.15, 0.2) is 0 Å². The van der Waals surface area contributed by atoms with Crippen molar-refractivity contribution >= 4 is 7.85 Å². The molecule has 11 heavy (non-hydrogen) atoms. The molecule has 0 spiro atoms. The van der Waals surface area contributed by atoms with Gasteiger partial charge in [0.25, 0.3) is 0 Å². The zero-order chi connectivity index (χ0) is 8.43. The molecule has 0 aromatic heterocycles. The van der Waals surface area contributed by atoms with Gasteiger partial charge in [-0.2, -0.15) is 0 Å². The van der Waals surface area contributed by atoms with Crippen LogP contribution in [-0.4, -0.2) is 54.1 Å². The van der Waals surface area contributed by atoms with Crippen LogP contribution in [-0.2, 0) is 4.74 Å². The number of hydrogen-bond acceptors (Lipinski definition) is 4. The van der Waals surface area contributed by atoms with E-state index >= 15 is 0 Å². The molecule has 4 atom stereocenters. The van der Waals surface area contributed by atoms with E-state index < -0.39 is 24.3 Å². The van der Waals surface area contributed by atoms with E-state index in [2.05, 4.69) is 0 Å². The normalized spacial score (nSPS) is 45.7. The summed E-state index contributed by atoms with van der Waals surface area (Å²) in [6.07, 6.45) is -2.16. The van der Waals surface area contributed by atoms with Crippen LogP contribution in [0.3, 0.4) is 0 Å². The fourth-order valence-electron chi connectivity index (χ4n) is 1.10. The summed E-state index contributed by atoms with van der Waals surface area (Å²) in [6.45, 7) is -0.183. The Morgan fingerprint density at radius 2 is 2.09 bits per heavy atom. The number of rotatable bonds is 1. The predicted molar refractivity (Wildman–Crippen MR) is 38.1 cm³/mol. The van der Waals surface area contributed by atoms with Gasteiger partial charge in [0.1, 0.15) is 7.85 Å². The SMILES string of the molecule is [B][C@@H]1O[C@H](CO)C[C@H](O)[C@H]1O. The summed E-state index contributed by atoms with van der Waals surface area (Å²) in [6, 6.07) is -0.893. The van der Waals surface area contributed by atoms with Crippen molar-refractivity contribution in [1.82, 2.24) is 0 Å². The first kappa shape index (κ1) is 9.00. The van der Waals surface area contributed by atoms with Crippen molar-refractivity contribution in [3.63, 3.8) is 0 Å². The molecule has 1 aliphatic heterocycles. The molecule has 1 saturated heterocycles. The van der Waals surface area contributed by atoms with Crippen LogP contribution >= 0.6 is 0 Å². The van der Waals surface area contributed by atoms with Crippen molar-refractivity contribution in [3.8, 4) is 0 Å². The summed E-state index contributed by atoms with van der Waals surface area (Å²) in [5.41, 5.74) is 0. The number of aliphatic hydroxyl groups excluding tert-OH is 3. The van der Waals surface area contributed by atoms with Crippen molar-refractivity contribution in [3.05, 3.63) is 0 Å². The average Bonchev–Trinajstić information content (AvgIpc) is 1.99. The molecule has 1 rings (SSSR count). The molecular formula is C6H11BO4. The van der Waals surface area contributed by atoms with Crippen molar-refractivity contribution in [2.45, 2.75) is 30.7 Å². The lowest BCUT2D eigenvalue weighted by molar-refractivity contribution is -0.148. The highest BCUT2D eigenvalue weighted by Crippen LogP contribution is 2.17. The second kappa shape index (κ2) is 3.54. The van der Waals surface area contributed by atoms with Crippen LogP contribution in [0.5, 0.6) is 0 Å². The van der Waals surface area contributed by atoms with Gasteiger partial charge < -0.3 is 20.1 Å². The first-order valence-electron chi connectivity index (χ1n) is 3.53. The van der Waals surface area contributed by atoms with Gasteiger partial charge in [0, 0.05) is 12.4 Å². The van der Waals surface area contributed by atoms with Gasteiger partial charge in [0.2, 0.25) is 0 Å². The summed E-state index contributed by atoms with van der Waals surface area (Å²) in [5, 5.41) is 26.8. The van der Waals surface area contributed by atoms with E-state index in [4.69, 9.17) is 27.9 Å². The van der Waals surface area contributed by atoms with E-state index in [9.17, 15) is 0 Å². The summed E-state index contributed by atoms with van der Waals surface area (Å²) < 4.78 is 4.94. The Labute approximate surface area is 66.2 Å². The molecule has 0 saturated carbocycles.